The molecular formula is C23H24ClN3O4. The van der Waals surface area contributed by atoms with Gasteiger partial charge >= 0.3 is 0 Å². The Morgan fingerprint density at radius 2 is 1.94 bits per heavy atom. The van der Waals surface area contributed by atoms with Crippen molar-refractivity contribution >= 4 is 40.7 Å². The van der Waals surface area contributed by atoms with Crippen LogP contribution < -0.4 is 15.0 Å². The Morgan fingerprint density at radius 1 is 1.23 bits per heavy atom. The van der Waals surface area contributed by atoms with Gasteiger partial charge in [-0.1, -0.05) is 23.7 Å². The maximum absolute atomic E-state index is 13.9. The Balaban J connectivity index is 1.87. The Kier molecular flexibility index (Phi) is 5.17. The molecule has 7 nitrogen and oxygen atoms in total. The van der Waals surface area contributed by atoms with E-state index < -0.39 is 11.6 Å². The molecule has 0 radical (unpaired) electrons. The largest absolute Gasteiger partial charge is 0.495 e. The van der Waals surface area contributed by atoms with E-state index in [1.165, 1.54) is 16.9 Å². The molecule has 162 valence electrons. The average Bonchev–Trinajstić information content (AvgIpc) is 3.08. The molecule has 2 aromatic carbocycles. The highest BCUT2D eigenvalue weighted by Crippen LogP contribution is 2.46. The second-order valence-corrected chi connectivity index (χ2v) is 8.49. The van der Waals surface area contributed by atoms with Crippen LogP contribution >= 0.6 is 11.6 Å². The van der Waals surface area contributed by atoms with Crippen molar-refractivity contribution in [1.29, 1.82) is 0 Å². The average molecular weight is 442 g/mol. The third-order valence-electron chi connectivity index (χ3n) is 5.91. The van der Waals surface area contributed by atoms with Crippen molar-refractivity contribution in [2.24, 2.45) is 0 Å². The molecule has 0 bridgehead atoms. The van der Waals surface area contributed by atoms with E-state index in [0.29, 0.717) is 27.7 Å². The van der Waals surface area contributed by atoms with Crippen LogP contribution in [0.5, 0.6) is 5.75 Å². The van der Waals surface area contributed by atoms with E-state index >= 15 is 0 Å². The Labute approximate surface area is 185 Å². The number of carbonyl (C=O) groups is 3. The predicted octanol–water partition coefficient (Wildman–Crippen LogP) is 3.98. The number of hydrogen-bond acceptors (Lipinski definition) is 4. The van der Waals surface area contributed by atoms with Crippen molar-refractivity contribution < 1.29 is 19.1 Å². The van der Waals surface area contributed by atoms with E-state index in [1.54, 1.807) is 36.4 Å². The Morgan fingerprint density at radius 3 is 2.61 bits per heavy atom. The van der Waals surface area contributed by atoms with Gasteiger partial charge in [-0.05, 0) is 44.5 Å². The number of anilines is 2. The highest BCUT2D eigenvalue weighted by molar-refractivity contribution is 6.31. The van der Waals surface area contributed by atoms with Gasteiger partial charge in [-0.25, -0.2) is 0 Å². The molecule has 2 aromatic rings. The first-order valence-corrected chi connectivity index (χ1v) is 10.5. The van der Waals surface area contributed by atoms with Crippen molar-refractivity contribution in [3.8, 4) is 5.75 Å². The number of rotatable bonds is 4. The van der Waals surface area contributed by atoms with Crippen LogP contribution in [-0.4, -0.2) is 41.4 Å². The molecule has 0 saturated carbocycles. The number of benzene rings is 2. The summed E-state index contributed by atoms with van der Waals surface area (Å²) in [6, 6.07) is 9.95. The molecule has 31 heavy (non-hydrogen) atoms. The van der Waals surface area contributed by atoms with Crippen molar-refractivity contribution in [3.63, 3.8) is 0 Å². The van der Waals surface area contributed by atoms with Gasteiger partial charge in [0.2, 0.25) is 11.6 Å². The van der Waals surface area contributed by atoms with Crippen LogP contribution in [0.3, 0.4) is 0 Å². The summed E-state index contributed by atoms with van der Waals surface area (Å²) in [4.78, 5) is 43.3. The molecule has 1 unspecified atom stereocenters. The smallest absolute Gasteiger partial charge is 0.271 e. The molecule has 1 saturated heterocycles. The monoisotopic (exact) mass is 441 g/mol. The fourth-order valence-electron chi connectivity index (χ4n) is 4.56. The summed E-state index contributed by atoms with van der Waals surface area (Å²) in [5.41, 5.74) is 0.601. The van der Waals surface area contributed by atoms with Gasteiger partial charge in [-0.2, -0.15) is 0 Å². The molecule has 2 aliphatic heterocycles. The summed E-state index contributed by atoms with van der Waals surface area (Å²) >= 11 is 6.20. The molecular weight excluding hydrogens is 418 g/mol. The molecule has 1 fully saturated rings. The predicted molar refractivity (Wildman–Crippen MR) is 119 cm³/mol. The lowest BCUT2D eigenvalue weighted by molar-refractivity contribution is -0.129. The molecule has 1 atom stereocenters. The quantitative estimate of drug-likeness (QED) is 0.778. The number of nitrogens with zero attached hydrogens (tertiary/aromatic N) is 2. The van der Waals surface area contributed by atoms with Crippen LogP contribution in [-0.2, 0) is 9.59 Å². The van der Waals surface area contributed by atoms with E-state index in [0.717, 1.165) is 5.56 Å². The molecule has 2 aliphatic rings. The molecule has 4 rings (SSSR count). The van der Waals surface area contributed by atoms with Crippen molar-refractivity contribution in [1.82, 2.24) is 4.90 Å². The van der Waals surface area contributed by atoms with Gasteiger partial charge in [0.15, 0.2) is 0 Å². The van der Waals surface area contributed by atoms with Gasteiger partial charge in [0.25, 0.3) is 11.8 Å². The van der Waals surface area contributed by atoms with Crippen LogP contribution in [0.2, 0.25) is 5.02 Å². The van der Waals surface area contributed by atoms with Crippen LogP contribution in [0.25, 0.3) is 0 Å². The van der Waals surface area contributed by atoms with Gasteiger partial charge in [0.1, 0.15) is 5.75 Å². The normalized spacial score (nSPS) is 20.1. The lowest BCUT2D eigenvalue weighted by Crippen LogP contribution is -2.70. The van der Waals surface area contributed by atoms with E-state index in [1.807, 2.05) is 20.8 Å². The lowest BCUT2D eigenvalue weighted by atomic mass is 9.93. The van der Waals surface area contributed by atoms with Crippen molar-refractivity contribution in [3.05, 3.63) is 52.5 Å². The third kappa shape index (κ3) is 3.07. The van der Waals surface area contributed by atoms with Crippen LogP contribution in [0, 0.1) is 6.92 Å². The molecule has 2 heterocycles. The minimum Gasteiger partial charge on any atom is -0.495 e. The first-order chi connectivity index (χ1) is 14.7. The molecule has 8 heteroatoms. The van der Waals surface area contributed by atoms with E-state index in [-0.39, 0.29) is 30.7 Å². The maximum atomic E-state index is 13.9. The highest BCUT2D eigenvalue weighted by Gasteiger charge is 2.61. The molecule has 3 amide bonds. The maximum Gasteiger partial charge on any atom is 0.271 e. The zero-order valence-corrected chi connectivity index (χ0v) is 18.6. The van der Waals surface area contributed by atoms with Crippen molar-refractivity contribution in [2.75, 3.05) is 17.3 Å². The van der Waals surface area contributed by atoms with Gasteiger partial charge < -0.3 is 15.0 Å². The lowest BCUT2D eigenvalue weighted by Gasteiger charge is -2.50. The Bertz CT molecular complexity index is 1100. The number of ether oxygens (including phenoxy) is 1. The van der Waals surface area contributed by atoms with Crippen LogP contribution in [0.4, 0.5) is 11.4 Å². The number of carbonyl (C=O) groups excluding carboxylic acids is 3. The van der Waals surface area contributed by atoms with Gasteiger partial charge in [0, 0.05) is 30.0 Å². The summed E-state index contributed by atoms with van der Waals surface area (Å²) in [6.07, 6.45) is 0.361. The fourth-order valence-corrected chi connectivity index (χ4v) is 4.71. The number of methoxy groups -OCH3 is 1. The van der Waals surface area contributed by atoms with Gasteiger partial charge in [-0.15, -0.1) is 0 Å². The fraction of sp³-hybridized carbons (Fsp3) is 0.348. The first kappa shape index (κ1) is 21.2. The van der Waals surface area contributed by atoms with Crippen molar-refractivity contribution in [2.45, 2.75) is 45.3 Å². The number of para-hydroxylation sites is 1. The minimum absolute atomic E-state index is 0.162. The second-order valence-electron chi connectivity index (χ2n) is 8.09. The zero-order valence-electron chi connectivity index (χ0n) is 17.9. The summed E-state index contributed by atoms with van der Waals surface area (Å²) in [5, 5.41) is 3.42. The van der Waals surface area contributed by atoms with Gasteiger partial charge in [0.05, 0.1) is 24.0 Å². The number of nitrogens with one attached hydrogen (secondary N) is 1. The van der Waals surface area contributed by atoms with Crippen LogP contribution in [0.15, 0.2) is 36.4 Å². The minimum atomic E-state index is -1.46. The van der Waals surface area contributed by atoms with Crippen LogP contribution in [0.1, 0.15) is 42.6 Å². The number of amides is 3. The number of fused-ring (bicyclic) bond motifs is 3. The summed E-state index contributed by atoms with van der Waals surface area (Å²) < 4.78 is 5.39. The third-order valence-corrected chi connectivity index (χ3v) is 6.32. The standard InChI is InChI=1S/C23H24ClN3O4/c1-13(2)26-21(29)15-7-5-6-8-18(15)27-20(28)9-10-23(26,27)22(30)25-17-11-14(3)16(24)12-19(17)31-4/h5-8,11-13H,9-10H2,1-4H3,(H,25,30). The number of hydrogen-bond donors (Lipinski definition) is 1. The van der Waals surface area contributed by atoms with E-state index in [4.69, 9.17) is 16.3 Å². The summed E-state index contributed by atoms with van der Waals surface area (Å²) in [6.45, 7) is 5.51. The SMILES string of the molecule is COc1cc(Cl)c(C)cc1NC(=O)C12CCC(=O)N1c1ccccc1C(=O)N2C(C)C. The zero-order chi connectivity index (χ0) is 22.5. The summed E-state index contributed by atoms with van der Waals surface area (Å²) in [5.74, 6) is -0.532. The molecule has 0 aliphatic carbocycles. The molecule has 0 aromatic heterocycles. The molecule has 1 N–H and O–H groups in total. The molecule has 0 spiro atoms. The van der Waals surface area contributed by atoms with E-state index in [2.05, 4.69) is 5.32 Å². The van der Waals surface area contributed by atoms with E-state index in [9.17, 15) is 14.4 Å². The number of aryl methyl sites for hydroxylation is 1. The first-order valence-electron chi connectivity index (χ1n) is 10.1. The summed E-state index contributed by atoms with van der Waals surface area (Å²) in [7, 11) is 1.49. The highest BCUT2D eigenvalue weighted by atomic mass is 35.5. The number of halogens is 1. The second kappa shape index (κ2) is 7.57. The topological polar surface area (TPSA) is 79.0 Å². The van der Waals surface area contributed by atoms with Gasteiger partial charge in [-0.3, -0.25) is 19.3 Å². The Hall–Kier alpha value is -3.06.